The predicted octanol–water partition coefficient (Wildman–Crippen LogP) is 3.06. The second-order valence-electron chi connectivity index (χ2n) is 7.11. The largest absolute Gasteiger partial charge is 0.396 e. The highest BCUT2D eigenvalue weighted by molar-refractivity contribution is 6.31. The van der Waals surface area contributed by atoms with Gasteiger partial charge in [0.1, 0.15) is 11.4 Å². The molecular weight excluding hydrogens is 424 g/mol. The van der Waals surface area contributed by atoms with Crippen molar-refractivity contribution in [3.63, 3.8) is 0 Å². The van der Waals surface area contributed by atoms with E-state index in [1.54, 1.807) is 12.1 Å². The maximum Gasteiger partial charge on any atom is 0.250 e. The minimum atomic E-state index is -1.61. The van der Waals surface area contributed by atoms with Crippen molar-refractivity contribution in [2.45, 2.75) is 30.0 Å². The molecule has 0 unspecified atom stereocenters. The Morgan fingerprint density at radius 2 is 2.03 bits per heavy atom. The Bertz CT molecular complexity index is 1020. The molecule has 0 bridgehead atoms. The molecular formula is C19H16Cl2FN3O4. The lowest BCUT2D eigenvalue weighted by Crippen LogP contribution is -2.49. The zero-order valence-electron chi connectivity index (χ0n) is 14.9. The van der Waals surface area contributed by atoms with Crippen molar-refractivity contribution in [2.75, 3.05) is 11.9 Å². The normalized spacial score (nSPS) is 27.9. The third kappa shape index (κ3) is 2.90. The number of rotatable bonds is 4. The van der Waals surface area contributed by atoms with Gasteiger partial charge in [-0.1, -0.05) is 41.4 Å². The number of halogens is 3. The van der Waals surface area contributed by atoms with Crippen LogP contribution in [-0.2, 0) is 10.3 Å². The first-order valence-electron chi connectivity index (χ1n) is 8.88. The van der Waals surface area contributed by atoms with E-state index in [9.17, 15) is 20.0 Å². The Morgan fingerprint density at radius 3 is 2.72 bits per heavy atom. The monoisotopic (exact) mass is 439 g/mol. The molecule has 2 heterocycles. The molecule has 0 aromatic heterocycles. The van der Waals surface area contributed by atoms with E-state index in [0.717, 1.165) is 0 Å². The highest BCUT2D eigenvalue weighted by Crippen LogP contribution is 2.53. The lowest BCUT2D eigenvalue weighted by atomic mass is 9.74. The SMILES string of the molecule is O=C1Nc2cc(Cl)ccc2[C@]12N[C@@H](CCO)[C@@H]([N+](=O)[O-])[C@@H]2c1cccc(Cl)c1F. The molecule has 152 valence electrons. The number of anilines is 1. The lowest BCUT2D eigenvalue weighted by Gasteiger charge is -2.30. The zero-order chi connectivity index (χ0) is 20.9. The first kappa shape index (κ1) is 20.0. The highest BCUT2D eigenvalue weighted by atomic mass is 35.5. The van der Waals surface area contributed by atoms with Crippen LogP contribution in [0.4, 0.5) is 10.1 Å². The maximum absolute atomic E-state index is 15.0. The summed E-state index contributed by atoms with van der Waals surface area (Å²) in [6, 6.07) is 6.68. The Morgan fingerprint density at radius 1 is 1.28 bits per heavy atom. The molecule has 3 N–H and O–H groups in total. The van der Waals surface area contributed by atoms with Crippen molar-refractivity contribution in [1.82, 2.24) is 5.32 Å². The van der Waals surface area contributed by atoms with Gasteiger partial charge in [-0.25, -0.2) is 4.39 Å². The van der Waals surface area contributed by atoms with Crippen molar-refractivity contribution in [1.29, 1.82) is 0 Å². The predicted molar refractivity (Wildman–Crippen MR) is 105 cm³/mol. The van der Waals surface area contributed by atoms with E-state index in [0.29, 0.717) is 16.3 Å². The van der Waals surface area contributed by atoms with Gasteiger partial charge >= 0.3 is 0 Å². The van der Waals surface area contributed by atoms with Gasteiger partial charge in [-0.15, -0.1) is 0 Å². The van der Waals surface area contributed by atoms with Crippen LogP contribution in [0.25, 0.3) is 0 Å². The number of benzene rings is 2. The van der Waals surface area contributed by atoms with E-state index in [4.69, 9.17) is 23.2 Å². The minimum absolute atomic E-state index is 0.0162. The molecule has 1 amide bonds. The smallest absolute Gasteiger partial charge is 0.250 e. The number of carbonyl (C=O) groups excluding carboxylic acids is 1. The number of aliphatic hydroxyl groups excluding tert-OH is 1. The van der Waals surface area contributed by atoms with E-state index in [1.165, 1.54) is 24.3 Å². The quantitative estimate of drug-likeness (QED) is 0.501. The molecule has 2 aliphatic rings. The number of nitro groups is 1. The number of fused-ring (bicyclic) bond motifs is 2. The topological polar surface area (TPSA) is 104 Å². The van der Waals surface area contributed by atoms with Crippen LogP contribution in [0.2, 0.25) is 10.0 Å². The van der Waals surface area contributed by atoms with E-state index in [1.807, 2.05) is 0 Å². The fourth-order valence-electron chi connectivity index (χ4n) is 4.54. The maximum atomic E-state index is 15.0. The van der Waals surface area contributed by atoms with Gasteiger partial charge in [-0.3, -0.25) is 20.2 Å². The van der Waals surface area contributed by atoms with Crippen LogP contribution < -0.4 is 10.6 Å². The molecule has 4 atom stereocenters. The summed E-state index contributed by atoms with van der Waals surface area (Å²) in [6.45, 7) is -0.335. The average Bonchev–Trinajstić information content (AvgIpc) is 3.13. The van der Waals surface area contributed by atoms with E-state index in [2.05, 4.69) is 10.6 Å². The average molecular weight is 440 g/mol. The van der Waals surface area contributed by atoms with Crippen LogP contribution in [0.15, 0.2) is 36.4 Å². The molecule has 0 radical (unpaired) electrons. The summed E-state index contributed by atoms with van der Waals surface area (Å²) in [7, 11) is 0. The van der Waals surface area contributed by atoms with Crippen molar-refractivity contribution >= 4 is 34.8 Å². The molecule has 2 aromatic carbocycles. The molecule has 1 saturated heterocycles. The molecule has 0 aliphatic carbocycles. The summed E-state index contributed by atoms with van der Waals surface area (Å²) in [5.41, 5.74) is -0.814. The molecule has 1 fully saturated rings. The molecule has 7 nitrogen and oxygen atoms in total. The molecule has 2 aliphatic heterocycles. The van der Waals surface area contributed by atoms with E-state index in [-0.39, 0.29) is 23.6 Å². The molecule has 4 rings (SSSR count). The summed E-state index contributed by atoms with van der Waals surface area (Å²) in [5.74, 6) is -2.56. The van der Waals surface area contributed by atoms with Crippen LogP contribution in [0.5, 0.6) is 0 Å². The number of amides is 1. The summed E-state index contributed by atoms with van der Waals surface area (Å²) >= 11 is 12.0. The van der Waals surface area contributed by atoms with Crippen LogP contribution in [-0.4, -0.2) is 34.6 Å². The number of carbonyl (C=O) groups is 1. The summed E-state index contributed by atoms with van der Waals surface area (Å²) in [4.78, 5) is 24.7. The van der Waals surface area contributed by atoms with Gasteiger partial charge in [-0.05, 0) is 24.6 Å². The summed E-state index contributed by atoms with van der Waals surface area (Å²) in [6.07, 6.45) is 0.0162. The Balaban J connectivity index is 2.00. The minimum Gasteiger partial charge on any atom is -0.396 e. The second-order valence-corrected chi connectivity index (χ2v) is 7.96. The van der Waals surface area contributed by atoms with Crippen LogP contribution in [0.3, 0.4) is 0 Å². The standard InChI is InChI=1S/C19H16Cl2FN3O4/c20-9-4-5-11-14(8-9)23-18(27)19(11)15(10-2-1-3-12(21)16(10)22)17(25(28)29)13(24-19)6-7-26/h1-5,8,13,15,17,24,26H,6-7H2,(H,23,27)/t13-,15-,17+,19+/m0/s1. The van der Waals surface area contributed by atoms with Gasteiger partial charge in [0, 0.05) is 33.4 Å². The molecule has 10 heteroatoms. The van der Waals surface area contributed by atoms with Crippen LogP contribution in [0.1, 0.15) is 23.5 Å². The lowest BCUT2D eigenvalue weighted by molar-refractivity contribution is -0.527. The van der Waals surface area contributed by atoms with Crippen molar-refractivity contribution in [3.05, 3.63) is 73.5 Å². The first-order valence-corrected chi connectivity index (χ1v) is 9.64. The summed E-state index contributed by atoms with van der Waals surface area (Å²) < 4.78 is 15.0. The van der Waals surface area contributed by atoms with Gasteiger partial charge in [0.15, 0.2) is 0 Å². The summed E-state index contributed by atoms with van der Waals surface area (Å²) in [5, 5.41) is 27.4. The van der Waals surface area contributed by atoms with Gasteiger partial charge in [0.05, 0.1) is 17.0 Å². The van der Waals surface area contributed by atoms with Crippen LogP contribution in [0, 0.1) is 15.9 Å². The van der Waals surface area contributed by atoms with Gasteiger partial charge in [0.25, 0.3) is 0 Å². The third-order valence-corrected chi connectivity index (χ3v) is 6.17. The Kier molecular flexibility index (Phi) is 4.98. The Labute approximate surface area is 175 Å². The number of aliphatic hydroxyl groups is 1. The van der Waals surface area contributed by atoms with E-state index >= 15 is 4.39 Å². The second kappa shape index (κ2) is 7.21. The number of hydrogen-bond acceptors (Lipinski definition) is 5. The third-order valence-electron chi connectivity index (χ3n) is 5.65. The number of nitrogens with one attached hydrogen (secondary N) is 2. The first-order chi connectivity index (χ1) is 13.8. The van der Waals surface area contributed by atoms with Gasteiger partial charge in [0.2, 0.25) is 11.9 Å². The molecule has 2 aromatic rings. The van der Waals surface area contributed by atoms with Crippen molar-refractivity contribution < 1.29 is 19.2 Å². The van der Waals surface area contributed by atoms with Gasteiger partial charge in [-0.2, -0.15) is 0 Å². The number of nitrogens with zero attached hydrogens (tertiary/aromatic N) is 1. The fraction of sp³-hybridized carbons (Fsp3) is 0.316. The van der Waals surface area contributed by atoms with Crippen molar-refractivity contribution in [2.24, 2.45) is 0 Å². The fourth-order valence-corrected chi connectivity index (χ4v) is 4.90. The highest BCUT2D eigenvalue weighted by Gasteiger charge is 2.67. The molecule has 1 spiro atoms. The molecule has 29 heavy (non-hydrogen) atoms. The molecule has 0 saturated carbocycles. The van der Waals surface area contributed by atoms with Crippen molar-refractivity contribution in [3.8, 4) is 0 Å². The van der Waals surface area contributed by atoms with Gasteiger partial charge < -0.3 is 10.4 Å². The number of hydrogen-bond donors (Lipinski definition) is 3. The van der Waals surface area contributed by atoms with E-state index < -0.39 is 40.2 Å². The van der Waals surface area contributed by atoms with Crippen LogP contribution >= 0.6 is 23.2 Å². The zero-order valence-corrected chi connectivity index (χ0v) is 16.4. The Hall–Kier alpha value is -2.26.